The van der Waals surface area contributed by atoms with E-state index in [2.05, 4.69) is 26.0 Å². The number of aliphatic hydroxyl groups excluding tert-OH is 1. The summed E-state index contributed by atoms with van der Waals surface area (Å²) in [6, 6.07) is 0. The lowest BCUT2D eigenvalue weighted by Gasteiger charge is -2.19. The highest BCUT2D eigenvalue weighted by Crippen LogP contribution is 2.13. The average Bonchev–Trinajstić information content (AvgIpc) is 2.71. The largest absolute Gasteiger partial charge is 0.396 e. The molecule has 0 aliphatic carbocycles. The third-order valence-electron chi connectivity index (χ3n) is 5.13. The number of unbranched alkanes of at least 4 members (excludes halogenated alkanes) is 12. The number of ether oxygens (including phenoxy) is 2. The third-order valence-corrected chi connectivity index (χ3v) is 5.13. The molecule has 0 atom stereocenters. The van der Waals surface area contributed by atoms with Gasteiger partial charge in [-0.1, -0.05) is 90.2 Å². The molecule has 0 bridgehead atoms. The number of aliphatic hydroxyl groups is 1. The van der Waals surface area contributed by atoms with Gasteiger partial charge in [0.05, 0.1) is 0 Å². The summed E-state index contributed by atoms with van der Waals surface area (Å²) in [6.07, 6.45) is 25.0. The van der Waals surface area contributed by atoms with Crippen LogP contribution >= 0.6 is 0 Å². The molecule has 0 aliphatic rings. The highest BCUT2D eigenvalue weighted by Gasteiger charge is 2.09. The summed E-state index contributed by atoms with van der Waals surface area (Å²) in [5.74, 6) is 0. The van der Waals surface area contributed by atoms with Crippen molar-refractivity contribution in [2.24, 2.45) is 0 Å². The topological polar surface area (TPSA) is 38.7 Å². The monoisotopic (exact) mass is 398 g/mol. The van der Waals surface area contributed by atoms with Gasteiger partial charge in [-0.15, -0.1) is 0 Å². The maximum atomic E-state index is 8.75. The fourth-order valence-electron chi connectivity index (χ4n) is 3.29. The Morgan fingerprint density at radius 1 is 0.607 bits per heavy atom. The summed E-state index contributed by atoms with van der Waals surface area (Å²) in [4.78, 5) is 0. The molecule has 0 heterocycles. The molecule has 3 nitrogen and oxygen atoms in total. The van der Waals surface area contributed by atoms with Gasteiger partial charge in [0.1, 0.15) is 0 Å². The second-order valence-corrected chi connectivity index (χ2v) is 7.97. The minimum Gasteiger partial charge on any atom is -0.396 e. The van der Waals surface area contributed by atoms with Crippen LogP contribution in [0.1, 0.15) is 123 Å². The van der Waals surface area contributed by atoms with Crippen molar-refractivity contribution < 1.29 is 14.6 Å². The fraction of sp³-hybridized carbons (Fsp3) is 0.920. The Morgan fingerprint density at radius 3 is 1.68 bits per heavy atom. The van der Waals surface area contributed by atoms with Gasteiger partial charge in [-0.25, -0.2) is 0 Å². The highest BCUT2D eigenvalue weighted by atomic mass is 16.7. The predicted molar refractivity (Wildman–Crippen MR) is 122 cm³/mol. The van der Waals surface area contributed by atoms with Gasteiger partial charge in [0.2, 0.25) is 0 Å². The molecule has 168 valence electrons. The number of hydrogen-bond acceptors (Lipinski definition) is 3. The normalized spacial score (nSPS) is 11.9. The molecule has 0 aromatic carbocycles. The quantitative estimate of drug-likeness (QED) is 0.110. The van der Waals surface area contributed by atoms with Crippen molar-refractivity contribution in [1.29, 1.82) is 0 Å². The van der Waals surface area contributed by atoms with Crippen LogP contribution in [0.4, 0.5) is 0 Å². The smallest absolute Gasteiger partial charge is 0.157 e. The first-order valence-electron chi connectivity index (χ1n) is 12.3. The molecule has 0 saturated heterocycles. The van der Waals surface area contributed by atoms with E-state index in [1.54, 1.807) is 0 Å². The summed E-state index contributed by atoms with van der Waals surface area (Å²) in [6.45, 7) is 6.47. The van der Waals surface area contributed by atoms with E-state index in [0.29, 0.717) is 0 Å². The van der Waals surface area contributed by atoms with E-state index in [1.165, 1.54) is 77.0 Å². The van der Waals surface area contributed by atoms with Crippen LogP contribution in [-0.2, 0) is 9.47 Å². The van der Waals surface area contributed by atoms with Crippen molar-refractivity contribution in [1.82, 2.24) is 0 Å². The average molecular weight is 399 g/mol. The van der Waals surface area contributed by atoms with Gasteiger partial charge in [0, 0.05) is 19.8 Å². The Hall–Kier alpha value is -0.380. The van der Waals surface area contributed by atoms with Gasteiger partial charge in [-0.3, -0.25) is 0 Å². The maximum Gasteiger partial charge on any atom is 0.157 e. The van der Waals surface area contributed by atoms with Crippen LogP contribution in [0, 0.1) is 0 Å². The molecule has 0 aromatic heterocycles. The first-order chi connectivity index (χ1) is 13.8. The highest BCUT2D eigenvalue weighted by molar-refractivity contribution is 4.80. The van der Waals surface area contributed by atoms with Gasteiger partial charge in [0.25, 0.3) is 0 Å². The lowest BCUT2D eigenvalue weighted by Crippen LogP contribution is -2.19. The standard InChI is InChI=1S/C25H50O3/c1-3-5-7-15-19-23-27-25(28-24-20-16-8-6-4-2)21-17-13-11-9-10-12-14-18-22-26/h12,14,25-26H,3-11,13,15-24H2,1-2H3/b14-12-. The molecular weight excluding hydrogens is 348 g/mol. The lowest BCUT2D eigenvalue weighted by atomic mass is 10.1. The molecular formula is C25H50O3. The molecule has 3 heteroatoms. The Bertz CT molecular complexity index is 288. The Kier molecular flexibility index (Phi) is 24.3. The zero-order valence-corrected chi connectivity index (χ0v) is 19.1. The van der Waals surface area contributed by atoms with Crippen molar-refractivity contribution in [3.05, 3.63) is 12.2 Å². The minimum absolute atomic E-state index is 0.00167. The second-order valence-electron chi connectivity index (χ2n) is 7.97. The van der Waals surface area contributed by atoms with Crippen LogP contribution in [0.3, 0.4) is 0 Å². The molecule has 28 heavy (non-hydrogen) atoms. The van der Waals surface area contributed by atoms with Gasteiger partial charge < -0.3 is 14.6 Å². The van der Waals surface area contributed by atoms with Crippen LogP contribution in [0.5, 0.6) is 0 Å². The molecule has 1 N–H and O–H groups in total. The SMILES string of the molecule is CCCCCCCOC(CCCCCC/C=C\CCO)OCCCCCCC. The van der Waals surface area contributed by atoms with E-state index in [9.17, 15) is 0 Å². The summed E-state index contributed by atoms with van der Waals surface area (Å²) < 4.78 is 12.1. The molecule has 0 rings (SSSR count). The van der Waals surface area contributed by atoms with Crippen LogP contribution in [0.25, 0.3) is 0 Å². The van der Waals surface area contributed by atoms with Gasteiger partial charge in [-0.05, 0) is 44.9 Å². The second kappa shape index (κ2) is 24.7. The van der Waals surface area contributed by atoms with Crippen LogP contribution in [0.15, 0.2) is 12.2 Å². The molecule has 0 aromatic rings. The molecule has 0 saturated carbocycles. The predicted octanol–water partition coefficient (Wildman–Crippen LogP) is 7.57. The molecule has 0 amide bonds. The molecule has 0 aliphatic heterocycles. The van der Waals surface area contributed by atoms with E-state index in [0.717, 1.165) is 45.3 Å². The zero-order valence-electron chi connectivity index (χ0n) is 19.1. The number of allylic oxidation sites excluding steroid dienone is 1. The van der Waals surface area contributed by atoms with E-state index in [4.69, 9.17) is 14.6 Å². The maximum absolute atomic E-state index is 8.75. The van der Waals surface area contributed by atoms with E-state index >= 15 is 0 Å². The van der Waals surface area contributed by atoms with Crippen LogP contribution < -0.4 is 0 Å². The lowest BCUT2D eigenvalue weighted by molar-refractivity contribution is -0.148. The first kappa shape index (κ1) is 27.6. The van der Waals surface area contributed by atoms with E-state index < -0.39 is 0 Å². The Morgan fingerprint density at radius 2 is 1.11 bits per heavy atom. The molecule has 0 spiro atoms. The summed E-state index contributed by atoms with van der Waals surface area (Å²) in [5, 5.41) is 8.75. The zero-order chi connectivity index (χ0) is 20.5. The number of hydrogen-bond donors (Lipinski definition) is 1. The van der Waals surface area contributed by atoms with E-state index in [1.807, 2.05) is 0 Å². The van der Waals surface area contributed by atoms with Crippen LogP contribution in [-0.4, -0.2) is 31.2 Å². The van der Waals surface area contributed by atoms with Crippen molar-refractivity contribution in [3.63, 3.8) is 0 Å². The van der Waals surface area contributed by atoms with Gasteiger partial charge in [-0.2, -0.15) is 0 Å². The Labute approximate surface area is 176 Å². The third kappa shape index (κ3) is 21.9. The van der Waals surface area contributed by atoms with Gasteiger partial charge >= 0.3 is 0 Å². The van der Waals surface area contributed by atoms with Crippen molar-refractivity contribution in [2.75, 3.05) is 19.8 Å². The molecule has 0 radical (unpaired) electrons. The molecule has 0 fully saturated rings. The summed E-state index contributed by atoms with van der Waals surface area (Å²) in [7, 11) is 0. The van der Waals surface area contributed by atoms with Crippen LogP contribution in [0.2, 0.25) is 0 Å². The van der Waals surface area contributed by atoms with Gasteiger partial charge in [0.15, 0.2) is 6.29 Å². The summed E-state index contributed by atoms with van der Waals surface area (Å²) in [5.41, 5.74) is 0. The first-order valence-corrected chi connectivity index (χ1v) is 12.3. The van der Waals surface area contributed by atoms with Crippen molar-refractivity contribution in [3.8, 4) is 0 Å². The Balaban J connectivity index is 3.81. The van der Waals surface area contributed by atoms with E-state index in [-0.39, 0.29) is 12.9 Å². The van der Waals surface area contributed by atoms with Crippen molar-refractivity contribution >= 4 is 0 Å². The summed E-state index contributed by atoms with van der Waals surface area (Å²) >= 11 is 0. The fourth-order valence-corrected chi connectivity index (χ4v) is 3.29. The van der Waals surface area contributed by atoms with Crippen molar-refractivity contribution in [2.45, 2.75) is 129 Å². The number of rotatable bonds is 23. The molecule has 0 unspecified atom stereocenters. The minimum atomic E-state index is 0.00167.